The van der Waals surface area contributed by atoms with Crippen LogP contribution in [0.15, 0.2) is 12.2 Å². The Labute approximate surface area is 81.1 Å². The predicted molar refractivity (Wildman–Crippen MR) is 55.4 cm³/mol. The first kappa shape index (κ1) is 10.8. The molecule has 2 nitrogen and oxygen atoms in total. The third-order valence-electron chi connectivity index (χ3n) is 2.73. The molecule has 1 N–H and O–H groups in total. The average molecular weight is 182 g/mol. The minimum atomic E-state index is -0.567. The maximum absolute atomic E-state index is 9.38. The molecule has 0 radical (unpaired) electrons. The number of hydrogen-bond acceptors (Lipinski definition) is 2. The molecule has 0 aromatic rings. The van der Waals surface area contributed by atoms with Crippen molar-refractivity contribution < 1.29 is 9.68 Å². The highest BCUT2D eigenvalue weighted by Crippen LogP contribution is 2.32. The molecule has 1 fully saturated rings. The van der Waals surface area contributed by atoms with Crippen LogP contribution in [0, 0.1) is 11.8 Å². The maximum Gasteiger partial charge on any atom is 0.454 e. The summed E-state index contributed by atoms with van der Waals surface area (Å²) in [6.07, 6.45) is 1.88. The molecule has 74 valence electrons. The highest BCUT2D eigenvalue weighted by Gasteiger charge is 2.34. The van der Waals surface area contributed by atoms with Gasteiger partial charge in [-0.15, -0.1) is 0 Å². The summed E-state index contributed by atoms with van der Waals surface area (Å²) in [6, 6.07) is 0. The van der Waals surface area contributed by atoms with Gasteiger partial charge in [0.1, 0.15) is 0 Å². The quantitative estimate of drug-likeness (QED) is 0.523. The second-order valence-corrected chi connectivity index (χ2v) is 4.33. The first-order valence-electron chi connectivity index (χ1n) is 5.01. The lowest BCUT2D eigenvalue weighted by atomic mass is 9.70. The molecule has 3 heteroatoms. The number of rotatable bonds is 2. The Kier molecular flexibility index (Phi) is 3.57. The van der Waals surface area contributed by atoms with Crippen LogP contribution in [0.2, 0.25) is 6.32 Å². The first-order chi connectivity index (χ1) is 6.02. The van der Waals surface area contributed by atoms with Crippen molar-refractivity contribution in [3.05, 3.63) is 12.2 Å². The van der Waals surface area contributed by atoms with E-state index in [1.165, 1.54) is 5.57 Å². The van der Waals surface area contributed by atoms with Crippen LogP contribution >= 0.6 is 0 Å². The van der Waals surface area contributed by atoms with Gasteiger partial charge in [0.05, 0.1) is 6.10 Å². The highest BCUT2D eigenvalue weighted by atomic mass is 16.5. The molecule has 0 aliphatic carbocycles. The molecule has 1 aliphatic heterocycles. The lowest BCUT2D eigenvalue weighted by Gasteiger charge is -2.36. The monoisotopic (exact) mass is 182 g/mol. The lowest BCUT2D eigenvalue weighted by molar-refractivity contribution is 0.0603. The van der Waals surface area contributed by atoms with E-state index in [1.807, 2.05) is 6.92 Å². The van der Waals surface area contributed by atoms with E-state index in [-0.39, 0.29) is 6.10 Å². The molecule has 0 saturated carbocycles. The second kappa shape index (κ2) is 4.29. The van der Waals surface area contributed by atoms with E-state index < -0.39 is 7.12 Å². The molecule has 1 saturated heterocycles. The zero-order valence-corrected chi connectivity index (χ0v) is 8.79. The van der Waals surface area contributed by atoms with Gasteiger partial charge in [-0.05, 0) is 25.6 Å². The van der Waals surface area contributed by atoms with E-state index in [2.05, 4.69) is 20.4 Å². The zero-order chi connectivity index (χ0) is 10.0. The molecule has 13 heavy (non-hydrogen) atoms. The van der Waals surface area contributed by atoms with Crippen LogP contribution < -0.4 is 0 Å². The molecule has 1 heterocycles. The van der Waals surface area contributed by atoms with Gasteiger partial charge in [-0.3, -0.25) is 0 Å². The Hall–Kier alpha value is -0.275. The second-order valence-electron chi connectivity index (χ2n) is 4.33. The normalized spacial score (nSPS) is 29.5. The number of hydrogen-bond donors (Lipinski definition) is 1. The fraction of sp³-hybridized carbons (Fsp3) is 0.800. The van der Waals surface area contributed by atoms with Crippen LogP contribution in [-0.2, 0) is 4.65 Å². The van der Waals surface area contributed by atoms with Gasteiger partial charge in [0.25, 0.3) is 0 Å². The smallest absolute Gasteiger partial charge is 0.427 e. The summed E-state index contributed by atoms with van der Waals surface area (Å²) in [4.78, 5) is 0. The fourth-order valence-electron chi connectivity index (χ4n) is 1.98. The van der Waals surface area contributed by atoms with E-state index >= 15 is 0 Å². The van der Waals surface area contributed by atoms with Gasteiger partial charge in [0.15, 0.2) is 0 Å². The van der Waals surface area contributed by atoms with Gasteiger partial charge in [-0.25, -0.2) is 0 Å². The van der Waals surface area contributed by atoms with Crippen LogP contribution in [0.3, 0.4) is 0 Å². The summed E-state index contributed by atoms with van der Waals surface area (Å²) in [5.74, 6) is 0.861. The molecule has 1 aliphatic rings. The van der Waals surface area contributed by atoms with E-state index in [9.17, 15) is 5.02 Å². The SMILES string of the molecule is C=C(C)C1CCB(O)OC1C(C)C. The van der Waals surface area contributed by atoms with Crippen molar-refractivity contribution in [1.82, 2.24) is 0 Å². The molecule has 0 aromatic heterocycles. The molecular formula is C10H19BO2. The summed E-state index contributed by atoms with van der Waals surface area (Å²) in [5, 5.41) is 9.38. The van der Waals surface area contributed by atoms with Crippen LogP contribution in [0.4, 0.5) is 0 Å². The Morgan fingerprint density at radius 3 is 2.69 bits per heavy atom. The molecule has 0 amide bonds. The Morgan fingerprint density at radius 2 is 2.23 bits per heavy atom. The summed E-state index contributed by atoms with van der Waals surface area (Å²) in [6.45, 7) is 10.3. The average Bonchev–Trinajstić information content (AvgIpc) is 2.03. The summed E-state index contributed by atoms with van der Waals surface area (Å²) < 4.78 is 5.52. The van der Waals surface area contributed by atoms with Crippen LogP contribution in [0.5, 0.6) is 0 Å². The molecule has 0 bridgehead atoms. The molecule has 0 aromatic carbocycles. The maximum atomic E-state index is 9.38. The third-order valence-corrected chi connectivity index (χ3v) is 2.73. The van der Waals surface area contributed by atoms with Gasteiger partial charge in [-0.2, -0.15) is 0 Å². The van der Waals surface area contributed by atoms with Crippen molar-refractivity contribution >= 4 is 7.12 Å². The summed E-state index contributed by atoms with van der Waals surface area (Å²) in [5.41, 5.74) is 1.17. The van der Waals surface area contributed by atoms with Crippen LogP contribution in [0.1, 0.15) is 27.2 Å². The van der Waals surface area contributed by atoms with E-state index in [0.29, 0.717) is 11.8 Å². The van der Waals surface area contributed by atoms with Crippen molar-refractivity contribution in [3.8, 4) is 0 Å². The Balaban J connectivity index is 2.66. The van der Waals surface area contributed by atoms with E-state index in [4.69, 9.17) is 4.65 Å². The first-order valence-corrected chi connectivity index (χ1v) is 5.01. The largest absolute Gasteiger partial charge is 0.454 e. The lowest BCUT2D eigenvalue weighted by Crippen LogP contribution is -2.40. The highest BCUT2D eigenvalue weighted by molar-refractivity contribution is 6.43. The molecule has 2 atom stereocenters. The minimum Gasteiger partial charge on any atom is -0.427 e. The van der Waals surface area contributed by atoms with Gasteiger partial charge >= 0.3 is 7.12 Å². The summed E-state index contributed by atoms with van der Waals surface area (Å²) >= 11 is 0. The van der Waals surface area contributed by atoms with Gasteiger partial charge in [-0.1, -0.05) is 26.0 Å². The minimum absolute atomic E-state index is 0.140. The van der Waals surface area contributed by atoms with Gasteiger partial charge < -0.3 is 9.68 Å². The topological polar surface area (TPSA) is 29.5 Å². The van der Waals surface area contributed by atoms with Crippen molar-refractivity contribution in [2.24, 2.45) is 11.8 Å². The molecular weight excluding hydrogens is 163 g/mol. The van der Waals surface area contributed by atoms with Crippen LogP contribution in [0.25, 0.3) is 0 Å². The van der Waals surface area contributed by atoms with Crippen molar-refractivity contribution in [2.45, 2.75) is 39.6 Å². The van der Waals surface area contributed by atoms with Crippen molar-refractivity contribution in [1.29, 1.82) is 0 Å². The van der Waals surface area contributed by atoms with E-state index in [1.54, 1.807) is 0 Å². The van der Waals surface area contributed by atoms with Gasteiger partial charge in [0, 0.05) is 5.92 Å². The van der Waals surface area contributed by atoms with Crippen molar-refractivity contribution in [3.63, 3.8) is 0 Å². The predicted octanol–water partition coefficient (Wildman–Crippen LogP) is 2.10. The van der Waals surface area contributed by atoms with Crippen LogP contribution in [-0.4, -0.2) is 18.2 Å². The van der Waals surface area contributed by atoms with Crippen molar-refractivity contribution in [2.75, 3.05) is 0 Å². The summed E-state index contributed by atoms with van der Waals surface area (Å²) in [7, 11) is -0.567. The molecule has 0 spiro atoms. The molecule has 1 rings (SSSR count). The molecule has 2 unspecified atom stereocenters. The van der Waals surface area contributed by atoms with Gasteiger partial charge in [0.2, 0.25) is 0 Å². The Morgan fingerprint density at radius 1 is 1.62 bits per heavy atom. The third kappa shape index (κ3) is 2.58. The standard InChI is InChI=1S/C10H19BO2/c1-7(2)9-5-6-11(12)13-10(9)8(3)4/h8-10,12H,1,5-6H2,2-4H3. The fourth-order valence-corrected chi connectivity index (χ4v) is 1.98. The van der Waals surface area contributed by atoms with E-state index in [0.717, 1.165) is 12.7 Å². The zero-order valence-electron chi connectivity index (χ0n) is 8.79. The Bertz CT molecular complexity index is 191.